The van der Waals surface area contributed by atoms with Gasteiger partial charge in [-0.25, -0.2) is 9.67 Å². The van der Waals surface area contributed by atoms with Gasteiger partial charge in [0.15, 0.2) is 0 Å². The van der Waals surface area contributed by atoms with Crippen molar-refractivity contribution < 1.29 is 9.34 Å². The van der Waals surface area contributed by atoms with E-state index in [1.165, 1.54) is 23.5 Å². The number of hydrogen-bond acceptors (Lipinski definition) is 6. The van der Waals surface area contributed by atoms with Gasteiger partial charge in [0.2, 0.25) is 4.80 Å². The van der Waals surface area contributed by atoms with Crippen LogP contribution < -0.4 is 4.80 Å². The van der Waals surface area contributed by atoms with Crippen LogP contribution in [0.2, 0.25) is 0 Å². The summed E-state index contributed by atoms with van der Waals surface area (Å²) in [5, 5.41) is 17.8. The zero-order valence-electron chi connectivity index (χ0n) is 18.2. The molecule has 0 atom stereocenters. The first kappa shape index (κ1) is 21.5. The molecule has 8 heteroatoms. The van der Waals surface area contributed by atoms with Crippen LogP contribution in [0.4, 0.5) is 11.4 Å². The molecule has 4 rings (SSSR count). The van der Waals surface area contributed by atoms with Gasteiger partial charge in [-0.2, -0.15) is 5.10 Å². The van der Waals surface area contributed by atoms with Gasteiger partial charge in [-0.05, 0) is 69.2 Å². The Morgan fingerprint density at radius 3 is 2.47 bits per heavy atom. The lowest BCUT2D eigenvalue weighted by atomic mass is 10.1. The molecule has 32 heavy (non-hydrogen) atoms. The third-order valence-corrected chi connectivity index (χ3v) is 5.80. The Hall–Kier alpha value is -3.78. The van der Waals surface area contributed by atoms with Gasteiger partial charge in [0, 0.05) is 23.1 Å². The van der Waals surface area contributed by atoms with Crippen molar-refractivity contribution in [3.05, 3.63) is 97.5 Å². The van der Waals surface area contributed by atoms with Crippen LogP contribution in [-0.4, -0.2) is 15.3 Å². The van der Waals surface area contributed by atoms with Gasteiger partial charge < -0.3 is 4.42 Å². The van der Waals surface area contributed by atoms with Crippen molar-refractivity contribution in [2.75, 3.05) is 0 Å². The van der Waals surface area contributed by atoms with Crippen LogP contribution in [0.1, 0.15) is 29.6 Å². The van der Waals surface area contributed by atoms with Crippen LogP contribution in [0.15, 0.2) is 74.5 Å². The van der Waals surface area contributed by atoms with Crippen LogP contribution >= 0.6 is 11.3 Å². The monoisotopic (exact) mass is 446 g/mol. The fraction of sp³-hybridized carbons (Fsp3) is 0.167. The molecule has 0 radical (unpaired) electrons. The van der Waals surface area contributed by atoms with Crippen LogP contribution in [0.25, 0.3) is 11.3 Å². The molecule has 0 bridgehead atoms. The molecule has 0 aliphatic carbocycles. The number of nitrogens with zero attached hydrogens (tertiary/aromatic N) is 4. The number of nitro benzene ring substituents is 1. The van der Waals surface area contributed by atoms with E-state index < -0.39 is 4.92 Å². The topological polar surface area (TPSA) is 85.9 Å². The highest BCUT2D eigenvalue weighted by Crippen LogP contribution is 2.25. The van der Waals surface area contributed by atoms with E-state index >= 15 is 0 Å². The maximum absolute atomic E-state index is 11.0. The molecule has 7 nitrogen and oxygen atoms in total. The summed E-state index contributed by atoms with van der Waals surface area (Å²) in [4.78, 5) is 16.2. The standard InChI is InChI=1S/C24H22N4O3S/c1-15-5-6-16(2)21(13-15)25-24-27(26-18(4)23-12-7-17(3)31-23)22(14-32-24)19-8-10-20(11-9-19)28(29)30/h5-14H,1-4H3. The predicted octanol–water partition coefficient (Wildman–Crippen LogP) is 6.15. The molecule has 0 aliphatic rings. The van der Waals surface area contributed by atoms with Crippen molar-refractivity contribution in [2.45, 2.75) is 27.7 Å². The molecule has 2 aromatic heterocycles. The van der Waals surface area contributed by atoms with Gasteiger partial charge in [-0.1, -0.05) is 12.1 Å². The quantitative estimate of drug-likeness (QED) is 0.209. The molecule has 4 aromatic rings. The van der Waals surface area contributed by atoms with Crippen LogP contribution in [0, 0.1) is 30.9 Å². The van der Waals surface area contributed by atoms with E-state index in [0.29, 0.717) is 16.3 Å². The lowest BCUT2D eigenvalue weighted by Crippen LogP contribution is -2.13. The highest BCUT2D eigenvalue weighted by atomic mass is 32.1. The number of benzene rings is 2. The van der Waals surface area contributed by atoms with E-state index in [-0.39, 0.29) is 5.69 Å². The molecule has 2 aromatic carbocycles. The number of nitro groups is 1. The molecule has 0 aliphatic heterocycles. The lowest BCUT2D eigenvalue weighted by Gasteiger charge is -2.06. The average molecular weight is 447 g/mol. The summed E-state index contributed by atoms with van der Waals surface area (Å²) in [7, 11) is 0. The third-order valence-electron chi connectivity index (χ3n) is 4.99. The highest BCUT2D eigenvalue weighted by molar-refractivity contribution is 7.07. The van der Waals surface area contributed by atoms with Crippen LogP contribution in [0.3, 0.4) is 0 Å². The van der Waals surface area contributed by atoms with Crippen molar-refractivity contribution in [3.8, 4) is 11.3 Å². The van der Waals surface area contributed by atoms with E-state index in [1.54, 1.807) is 16.8 Å². The van der Waals surface area contributed by atoms with E-state index in [1.807, 2.05) is 57.3 Å². The minimum Gasteiger partial charge on any atom is -0.460 e. The molecular formula is C24H22N4O3S. The van der Waals surface area contributed by atoms with E-state index in [4.69, 9.17) is 14.5 Å². The smallest absolute Gasteiger partial charge is 0.269 e. The average Bonchev–Trinajstić information content (AvgIpc) is 3.37. The number of non-ortho nitro benzene ring substituents is 1. The summed E-state index contributed by atoms with van der Waals surface area (Å²) < 4.78 is 7.49. The van der Waals surface area contributed by atoms with Gasteiger partial charge in [0.1, 0.15) is 17.2 Å². The Kier molecular flexibility index (Phi) is 5.87. The van der Waals surface area contributed by atoms with Gasteiger partial charge in [0.25, 0.3) is 5.69 Å². The number of aryl methyl sites for hydroxylation is 3. The van der Waals surface area contributed by atoms with E-state index in [2.05, 4.69) is 6.07 Å². The lowest BCUT2D eigenvalue weighted by molar-refractivity contribution is -0.384. The van der Waals surface area contributed by atoms with Crippen molar-refractivity contribution in [2.24, 2.45) is 10.1 Å². The molecule has 162 valence electrons. The molecular weight excluding hydrogens is 424 g/mol. The van der Waals surface area contributed by atoms with Crippen LogP contribution in [-0.2, 0) is 0 Å². The summed E-state index contributed by atoms with van der Waals surface area (Å²) in [5.74, 6) is 1.48. The van der Waals surface area contributed by atoms with Crippen LogP contribution in [0.5, 0.6) is 0 Å². The summed E-state index contributed by atoms with van der Waals surface area (Å²) in [6.07, 6.45) is 0. The summed E-state index contributed by atoms with van der Waals surface area (Å²) in [6.45, 7) is 7.82. The van der Waals surface area contributed by atoms with Gasteiger partial charge in [-0.3, -0.25) is 10.1 Å². The number of rotatable bonds is 5. The number of hydrogen-bond donors (Lipinski definition) is 0. The minimum atomic E-state index is -0.408. The Morgan fingerprint density at radius 1 is 1.06 bits per heavy atom. The van der Waals surface area contributed by atoms with Gasteiger partial charge >= 0.3 is 0 Å². The van der Waals surface area contributed by atoms with E-state index in [0.717, 1.165) is 33.8 Å². The molecule has 0 unspecified atom stereocenters. The van der Waals surface area contributed by atoms with Crippen molar-refractivity contribution in [3.63, 3.8) is 0 Å². The second-order valence-electron chi connectivity index (χ2n) is 7.52. The van der Waals surface area contributed by atoms with Crippen molar-refractivity contribution in [1.29, 1.82) is 0 Å². The number of thiazole rings is 1. The summed E-state index contributed by atoms with van der Waals surface area (Å²) in [5.41, 5.74) is 5.40. The largest absolute Gasteiger partial charge is 0.460 e. The Bertz CT molecular complexity index is 1390. The summed E-state index contributed by atoms with van der Waals surface area (Å²) in [6, 6.07) is 16.3. The van der Waals surface area contributed by atoms with Crippen molar-refractivity contribution >= 4 is 28.4 Å². The molecule has 0 saturated heterocycles. The summed E-state index contributed by atoms with van der Waals surface area (Å²) >= 11 is 1.46. The maximum Gasteiger partial charge on any atom is 0.269 e. The normalized spacial score (nSPS) is 12.4. The number of aromatic nitrogens is 1. The van der Waals surface area contributed by atoms with Gasteiger partial charge in [-0.15, -0.1) is 11.3 Å². The second-order valence-corrected chi connectivity index (χ2v) is 8.35. The molecule has 0 saturated carbocycles. The molecule has 0 N–H and O–H groups in total. The Balaban J connectivity index is 1.90. The molecule has 0 fully saturated rings. The minimum absolute atomic E-state index is 0.0431. The SMILES string of the molecule is CC(=Nn1c(-c2ccc([N+](=O)[O-])cc2)csc1=Nc1cc(C)ccc1C)c1ccc(C)o1. The highest BCUT2D eigenvalue weighted by Gasteiger charge is 2.13. The second kappa shape index (κ2) is 8.76. The van der Waals surface area contributed by atoms with Crippen molar-refractivity contribution in [1.82, 2.24) is 4.68 Å². The fourth-order valence-electron chi connectivity index (χ4n) is 3.20. The molecule has 0 spiro atoms. The fourth-order valence-corrected chi connectivity index (χ4v) is 4.04. The Labute approximate surface area is 189 Å². The predicted molar refractivity (Wildman–Crippen MR) is 127 cm³/mol. The first-order chi connectivity index (χ1) is 15.3. The maximum atomic E-state index is 11.0. The third kappa shape index (κ3) is 4.45. The first-order valence-corrected chi connectivity index (χ1v) is 10.9. The van der Waals surface area contributed by atoms with E-state index in [9.17, 15) is 10.1 Å². The first-order valence-electron chi connectivity index (χ1n) is 10.0. The Morgan fingerprint density at radius 2 is 1.81 bits per heavy atom. The van der Waals surface area contributed by atoms with Gasteiger partial charge in [0.05, 0.1) is 16.3 Å². The molecule has 2 heterocycles. The zero-order valence-corrected chi connectivity index (χ0v) is 19.0. The zero-order chi connectivity index (χ0) is 22.8. The molecule has 0 amide bonds. The number of furan rings is 1.